The molecule has 0 spiro atoms. The van der Waals surface area contributed by atoms with Crippen molar-refractivity contribution in [1.29, 1.82) is 0 Å². The highest BCUT2D eigenvalue weighted by atomic mass is 14.9. The molecule has 2 atom stereocenters. The van der Waals surface area contributed by atoms with Crippen LogP contribution in [-0.2, 0) is 0 Å². The van der Waals surface area contributed by atoms with Gasteiger partial charge in [0, 0.05) is 27.6 Å². The van der Waals surface area contributed by atoms with Gasteiger partial charge in [-0.25, -0.2) is 9.97 Å². The molecule has 2 aromatic heterocycles. The summed E-state index contributed by atoms with van der Waals surface area (Å²) in [6.45, 7) is 0. The minimum Gasteiger partial charge on any atom is -0.374 e. The molecule has 0 amide bonds. The quantitative estimate of drug-likeness (QED) is 0.171. The van der Waals surface area contributed by atoms with Crippen molar-refractivity contribution in [3.05, 3.63) is 228 Å². The average molecular weight is 791 g/mol. The van der Waals surface area contributed by atoms with Crippen molar-refractivity contribution in [3.8, 4) is 22.5 Å². The molecule has 62 heavy (non-hydrogen) atoms. The Hall–Kier alpha value is -8.08. The molecule has 13 rings (SSSR count). The zero-order valence-electron chi connectivity index (χ0n) is 33.7. The summed E-state index contributed by atoms with van der Waals surface area (Å²) in [7, 11) is 0. The molecule has 2 N–H and O–H groups in total. The summed E-state index contributed by atoms with van der Waals surface area (Å²) in [5, 5.41) is 17.8. The summed E-state index contributed by atoms with van der Waals surface area (Å²) in [6, 6.07) is 59.0. The van der Waals surface area contributed by atoms with Crippen molar-refractivity contribution >= 4 is 77.2 Å². The van der Waals surface area contributed by atoms with Crippen LogP contribution in [0.5, 0.6) is 0 Å². The first-order valence-corrected chi connectivity index (χ1v) is 21.4. The Balaban J connectivity index is 0.763. The standard InChI is InChI=1S/C58H38N4/c1-2-5-35(6-3-1)50-31-25-43-17-18-44-26-32-51(62-58(44)57(43)61-50)37-11-9-36(10-12-37)49-29-23-39-14-20-46(34-54(39)59-49)52-30-24-38-13-19-45(33-53(38)60-52)47-27-21-42-16-15-40-7-4-8-41-22-28-48(47)56(42)55(40)41/h1-34,51,53,60,62H. The van der Waals surface area contributed by atoms with Gasteiger partial charge in [-0.1, -0.05) is 182 Å². The number of pyridine rings is 2. The van der Waals surface area contributed by atoms with Crippen LogP contribution in [0, 0.1) is 0 Å². The summed E-state index contributed by atoms with van der Waals surface area (Å²) in [5.74, 6) is 0. The van der Waals surface area contributed by atoms with Gasteiger partial charge in [0.25, 0.3) is 0 Å². The maximum absolute atomic E-state index is 5.21. The molecule has 4 heteroatoms. The lowest BCUT2D eigenvalue weighted by Crippen LogP contribution is -2.31. The van der Waals surface area contributed by atoms with Crippen LogP contribution in [-0.4, -0.2) is 16.0 Å². The van der Waals surface area contributed by atoms with E-state index in [-0.39, 0.29) is 12.1 Å². The molecule has 3 aliphatic rings. The van der Waals surface area contributed by atoms with Crippen LogP contribution in [0.1, 0.15) is 28.3 Å². The number of hydrogen-bond acceptors (Lipinski definition) is 4. The van der Waals surface area contributed by atoms with Gasteiger partial charge in [0.15, 0.2) is 0 Å². The molecule has 1 aliphatic carbocycles. The van der Waals surface area contributed by atoms with E-state index < -0.39 is 0 Å². The number of aromatic nitrogens is 2. The van der Waals surface area contributed by atoms with Crippen LogP contribution < -0.4 is 10.6 Å². The van der Waals surface area contributed by atoms with Crippen LogP contribution in [0.3, 0.4) is 0 Å². The second-order valence-corrected chi connectivity index (χ2v) is 16.7. The molecule has 10 aromatic rings. The molecule has 0 bridgehead atoms. The summed E-state index contributed by atoms with van der Waals surface area (Å²) < 4.78 is 0. The average Bonchev–Trinajstić information content (AvgIpc) is 3.35. The highest BCUT2D eigenvalue weighted by molar-refractivity contribution is 6.24. The molecule has 0 saturated carbocycles. The van der Waals surface area contributed by atoms with Gasteiger partial charge >= 0.3 is 0 Å². The van der Waals surface area contributed by atoms with E-state index in [1.807, 2.05) is 6.07 Å². The molecule has 2 aliphatic heterocycles. The molecule has 0 radical (unpaired) electrons. The van der Waals surface area contributed by atoms with Gasteiger partial charge in [0.2, 0.25) is 0 Å². The number of hydrogen-bond donors (Lipinski definition) is 2. The van der Waals surface area contributed by atoms with Gasteiger partial charge < -0.3 is 10.6 Å². The fourth-order valence-electron chi connectivity index (χ4n) is 9.82. The molecular formula is C58H38N4. The Morgan fingerprint density at radius 1 is 0.468 bits per heavy atom. The van der Waals surface area contributed by atoms with Crippen LogP contribution >= 0.6 is 0 Å². The van der Waals surface area contributed by atoms with Crippen LogP contribution in [0.15, 0.2) is 206 Å². The van der Waals surface area contributed by atoms with Gasteiger partial charge in [-0.2, -0.15) is 0 Å². The number of nitrogens with one attached hydrogen (secondary N) is 2. The van der Waals surface area contributed by atoms with Gasteiger partial charge in [-0.05, 0) is 90.0 Å². The third kappa shape index (κ3) is 5.68. The molecule has 290 valence electrons. The Kier molecular flexibility index (Phi) is 7.70. The number of nitrogens with zero attached hydrogens (tertiary/aromatic N) is 2. The number of benzene rings is 8. The number of rotatable bonds is 5. The second kappa shape index (κ2) is 13.7. The summed E-state index contributed by atoms with van der Waals surface area (Å²) in [4.78, 5) is 10.3. The third-order valence-electron chi connectivity index (χ3n) is 13.1. The minimum absolute atomic E-state index is 0.0220. The zero-order chi connectivity index (χ0) is 40.7. The number of allylic oxidation sites excluding steroid dienone is 4. The van der Waals surface area contributed by atoms with Crippen molar-refractivity contribution in [2.75, 3.05) is 5.32 Å². The Labute approximate surface area is 358 Å². The van der Waals surface area contributed by atoms with E-state index in [4.69, 9.17) is 9.97 Å². The summed E-state index contributed by atoms with van der Waals surface area (Å²) >= 11 is 0. The largest absolute Gasteiger partial charge is 0.374 e. The summed E-state index contributed by atoms with van der Waals surface area (Å²) in [5.41, 5.74) is 15.4. The lowest BCUT2D eigenvalue weighted by Gasteiger charge is -2.27. The zero-order valence-corrected chi connectivity index (χ0v) is 33.7. The number of anilines is 1. The summed E-state index contributed by atoms with van der Waals surface area (Å²) in [6.07, 6.45) is 15.8. The van der Waals surface area contributed by atoms with Gasteiger partial charge in [0.1, 0.15) is 0 Å². The SMILES string of the molecule is C1=CC2=CC=C(c3ccc4ccc(-c5ccc(C6C=Cc7ccc8ccc(-c9ccccc9)nc8c7N6)cc5)nc4c3)NC2C=C1c1ccc2ccc3cccc4ccc1c2c34. The maximum Gasteiger partial charge on any atom is 0.0947 e. The van der Waals surface area contributed by atoms with Crippen molar-refractivity contribution in [1.82, 2.24) is 15.3 Å². The number of fused-ring (bicyclic) bond motifs is 5. The normalized spacial score (nSPS) is 16.8. The third-order valence-corrected chi connectivity index (χ3v) is 13.1. The highest BCUT2D eigenvalue weighted by Gasteiger charge is 2.22. The van der Waals surface area contributed by atoms with Crippen molar-refractivity contribution in [2.24, 2.45) is 0 Å². The molecule has 0 fully saturated rings. The molecule has 2 unspecified atom stereocenters. The molecule has 8 aromatic carbocycles. The van der Waals surface area contributed by atoms with E-state index in [0.29, 0.717) is 0 Å². The van der Waals surface area contributed by atoms with Gasteiger partial charge in [-0.3, -0.25) is 0 Å². The Bertz CT molecular complexity index is 3610. The van der Waals surface area contributed by atoms with E-state index in [2.05, 4.69) is 211 Å². The minimum atomic E-state index is 0.0220. The molecule has 4 nitrogen and oxygen atoms in total. The second-order valence-electron chi connectivity index (χ2n) is 16.7. The van der Waals surface area contributed by atoms with Crippen LogP contribution in [0.4, 0.5) is 5.69 Å². The maximum atomic E-state index is 5.21. The van der Waals surface area contributed by atoms with Crippen LogP contribution in [0.25, 0.3) is 94.0 Å². The van der Waals surface area contributed by atoms with Crippen molar-refractivity contribution < 1.29 is 0 Å². The predicted octanol–water partition coefficient (Wildman–Crippen LogP) is 14.1. The van der Waals surface area contributed by atoms with Gasteiger partial charge in [-0.15, -0.1) is 0 Å². The molecule has 0 saturated heterocycles. The van der Waals surface area contributed by atoms with E-state index in [9.17, 15) is 0 Å². The first kappa shape index (κ1) is 34.8. The highest BCUT2D eigenvalue weighted by Crippen LogP contribution is 2.40. The first-order chi connectivity index (χ1) is 30.7. The molecular weight excluding hydrogens is 753 g/mol. The topological polar surface area (TPSA) is 49.8 Å². The fourth-order valence-corrected chi connectivity index (χ4v) is 9.82. The van der Waals surface area contributed by atoms with Crippen molar-refractivity contribution in [2.45, 2.75) is 12.1 Å². The predicted molar refractivity (Wildman–Crippen MR) is 260 cm³/mol. The molecule has 4 heterocycles. The van der Waals surface area contributed by atoms with E-state index in [1.165, 1.54) is 54.6 Å². The lowest BCUT2D eigenvalue weighted by molar-refractivity contribution is 0.815. The monoisotopic (exact) mass is 790 g/mol. The first-order valence-electron chi connectivity index (χ1n) is 21.4. The lowest BCUT2D eigenvalue weighted by atomic mass is 9.86. The fraction of sp³-hybridized carbons (Fsp3) is 0.0345. The Morgan fingerprint density at radius 2 is 1.18 bits per heavy atom. The van der Waals surface area contributed by atoms with E-state index in [1.54, 1.807) is 0 Å². The van der Waals surface area contributed by atoms with Crippen molar-refractivity contribution in [3.63, 3.8) is 0 Å². The van der Waals surface area contributed by atoms with E-state index >= 15 is 0 Å². The number of dihydropyridines is 1. The van der Waals surface area contributed by atoms with E-state index in [0.717, 1.165) is 66.8 Å². The van der Waals surface area contributed by atoms with Crippen LogP contribution in [0.2, 0.25) is 0 Å². The van der Waals surface area contributed by atoms with Gasteiger partial charge in [0.05, 0.1) is 40.2 Å². The Morgan fingerprint density at radius 3 is 2.05 bits per heavy atom. The smallest absolute Gasteiger partial charge is 0.0947 e.